The second-order valence-corrected chi connectivity index (χ2v) is 8.27. The van der Waals surface area contributed by atoms with Crippen LogP contribution in [0, 0.1) is 0 Å². The third kappa shape index (κ3) is 4.78. The molecule has 4 nitrogen and oxygen atoms in total. The molecule has 0 bridgehead atoms. The highest BCUT2D eigenvalue weighted by Crippen LogP contribution is 2.37. The Bertz CT molecular complexity index is 883. The third-order valence-corrected chi connectivity index (χ3v) is 5.37. The van der Waals surface area contributed by atoms with E-state index in [0.29, 0.717) is 16.7 Å². The molecule has 1 heterocycles. The number of amides is 1. The molecule has 0 aliphatic carbocycles. The van der Waals surface area contributed by atoms with Gasteiger partial charge in [0.15, 0.2) is 5.17 Å². The van der Waals surface area contributed by atoms with Crippen molar-refractivity contribution in [3.8, 4) is 5.75 Å². The molecular formula is C19H16Br2N2O2S. The van der Waals surface area contributed by atoms with Gasteiger partial charge in [-0.05, 0) is 64.5 Å². The van der Waals surface area contributed by atoms with Crippen LogP contribution in [-0.4, -0.2) is 17.7 Å². The summed E-state index contributed by atoms with van der Waals surface area (Å²) in [4.78, 5) is 17.4. The van der Waals surface area contributed by atoms with Crippen molar-refractivity contribution in [2.24, 2.45) is 4.99 Å². The zero-order valence-corrected chi connectivity index (χ0v) is 17.9. The maximum Gasteiger partial charge on any atom is 0.264 e. The number of para-hydroxylation sites is 1. The minimum atomic E-state index is -0.165. The molecule has 0 unspecified atom stereocenters. The van der Waals surface area contributed by atoms with Gasteiger partial charge in [0.05, 0.1) is 21.7 Å². The predicted octanol–water partition coefficient (Wildman–Crippen LogP) is 5.89. The number of aliphatic imine (C=N–C) groups is 1. The van der Waals surface area contributed by atoms with E-state index in [1.54, 1.807) is 0 Å². The van der Waals surface area contributed by atoms with Crippen LogP contribution < -0.4 is 10.1 Å². The summed E-state index contributed by atoms with van der Waals surface area (Å²) in [6, 6.07) is 13.4. The molecule has 1 N–H and O–H groups in total. The Hall–Kier alpha value is -1.57. The van der Waals surface area contributed by atoms with Gasteiger partial charge in [0.2, 0.25) is 0 Å². The Kier molecular flexibility index (Phi) is 6.56. The van der Waals surface area contributed by atoms with Gasteiger partial charge in [-0.2, -0.15) is 0 Å². The molecule has 1 aliphatic heterocycles. The normalized spacial score (nSPS) is 17.0. The fourth-order valence-corrected chi connectivity index (χ4v) is 4.49. The maximum atomic E-state index is 12.3. The first-order valence-corrected chi connectivity index (χ1v) is 10.4. The van der Waals surface area contributed by atoms with Gasteiger partial charge in [-0.3, -0.25) is 4.79 Å². The van der Waals surface area contributed by atoms with Crippen molar-refractivity contribution in [1.29, 1.82) is 0 Å². The second kappa shape index (κ2) is 8.88. The van der Waals surface area contributed by atoms with Crippen LogP contribution in [-0.2, 0) is 4.79 Å². The van der Waals surface area contributed by atoms with E-state index in [4.69, 9.17) is 4.74 Å². The van der Waals surface area contributed by atoms with Gasteiger partial charge >= 0.3 is 0 Å². The molecule has 3 rings (SSSR count). The van der Waals surface area contributed by atoms with Crippen LogP contribution >= 0.6 is 43.6 Å². The molecule has 0 aromatic heterocycles. The molecule has 1 aliphatic rings. The molecule has 0 atom stereocenters. The van der Waals surface area contributed by atoms with Gasteiger partial charge in [-0.15, -0.1) is 0 Å². The first-order valence-electron chi connectivity index (χ1n) is 8.03. The number of halogens is 2. The Morgan fingerprint density at radius 2 is 2.00 bits per heavy atom. The summed E-state index contributed by atoms with van der Waals surface area (Å²) in [6.45, 7) is 2.66. The number of hydrogen-bond acceptors (Lipinski definition) is 4. The van der Waals surface area contributed by atoms with Gasteiger partial charge in [-0.25, -0.2) is 4.99 Å². The minimum Gasteiger partial charge on any atom is -0.492 e. The van der Waals surface area contributed by atoms with Crippen molar-refractivity contribution < 1.29 is 9.53 Å². The molecule has 26 heavy (non-hydrogen) atoms. The smallest absolute Gasteiger partial charge is 0.264 e. The number of carbonyl (C=O) groups is 1. The van der Waals surface area contributed by atoms with Crippen LogP contribution in [0.25, 0.3) is 6.08 Å². The summed E-state index contributed by atoms with van der Waals surface area (Å²) < 4.78 is 7.60. The van der Waals surface area contributed by atoms with Crippen molar-refractivity contribution in [1.82, 2.24) is 5.32 Å². The van der Waals surface area contributed by atoms with E-state index in [0.717, 1.165) is 32.4 Å². The number of amidine groups is 1. The van der Waals surface area contributed by atoms with Crippen LogP contribution in [0.4, 0.5) is 5.69 Å². The lowest BCUT2D eigenvalue weighted by atomic mass is 10.2. The van der Waals surface area contributed by atoms with E-state index in [2.05, 4.69) is 49.1 Å². The number of ether oxygens (including phenoxy) is 1. The lowest BCUT2D eigenvalue weighted by molar-refractivity contribution is -0.115. The first kappa shape index (κ1) is 19.2. The van der Waals surface area contributed by atoms with Crippen molar-refractivity contribution >= 4 is 66.5 Å². The van der Waals surface area contributed by atoms with Crippen LogP contribution in [0.15, 0.2) is 61.3 Å². The van der Waals surface area contributed by atoms with E-state index in [9.17, 15) is 4.79 Å². The van der Waals surface area contributed by atoms with Crippen LogP contribution in [0.5, 0.6) is 5.75 Å². The van der Waals surface area contributed by atoms with E-state index < -0.39 is 0 Å². The van der Waals surface area contributed by atoms with Crippen LogP contribution in [0.2, 0.25) is 0 Å². The monoisotopic (exact) mass is 494 g/mol. The molecule has 0 spiro atoms. The lowest BCUT2D eigenvalue weighted by Gasteiger charge is -2.11. The topological polar surface area (TPSA) is 50.7 Å². The molecule has 2 aromatic rings. The zero-order valence-electron chi connectivity index (χ0n) is 14.0. The summed E-state index contributed by atoms with van der Waals surface area (Å²) in [5, 5.41) is 3.37. The number of hydrogen-bond donors (Lipinski definition) is 1. The van der Waals surface area contributed by atoms with Crippen molar-refractivity contribution in [3.63, 3.8) is 0 Å². The Labute approximate surface area is 173 Å². The van der Waals surface area contributed by atoms with Gasteiger partial charge in [-0.1, -0.05) is 41.1 Å². The Balaban J connectivity index is 1.90. The number of carbonyl (C=O) groups excluding carboxylic acids is 1. The molecule has 0 saturated carbocycles. The highest BCUT2D eigenvalue weighted by molar-refractivity contribution is 9.11. The Morgan fingerprint density at radius 3 is 2.73 bits per heavy atom. The van der Waals surface area contributed by atoms with E-state index in [-0.39, 0.29) is 5.91 Å². The second-order valence-electron chi connectivity index (χ2n) is 5.47. The van der Waals surface area contributed by atoms with Gasteiger partial charge in [0.1, 0.15) is 5.75 Å². The van der Waals surface area contributed by atoms with Crippen molar-refractivity contribution in [2.75, 3.05) is 6.61 Å². The molecule has 2 aromatic carbocycles. The van der Waals surface area contributed by atoms with Crippen molar-refractivity contribution in [3.05, 3.63) is 61.9 Å². The summed E-state index contributed by atoms with van der Waals surface area (Å²) >= 11 is 8.34. The molecule has 134 valence electrons. The van der Waals surface area contributed by atoms with E-state index >= 15 is 0 Å². The maximum absolute atomic E-state index is 12.3. The lowest BCUT2D eigenvalue weighted by Crippen LogP contribution is -2.19. The summed E-state index contributed by atoms with van der Waals surface area (Å²) in [7, 11) is 0. The summed E-state index contributed by atoms with van der Waals surface area (Å²) in [5.41, 5.74) is 1.63. The minimum absolute atomic E-state index is 0.165. The molecule has 1 saturated heterocycles. The first-order chi connectivity index (χ1) is 12.6. The van der Waals surface area contributed by atoms with E-state index in [1.807, 2.05) is 48.5 Å². The SMILES string of the molecule is CCCOc1c(Br)cc(Br)cc1/C=C1\SC(=Nc2ccccc2)NC1=O. The predicted molar refractivity (Wildman–Crippen MR) is 115 cm³/mol. The number of thioether (sulfide) groups is 1. The highest BCUT2D eigenvalue weighted by Gasteiger charge is 2.24. The quantitative estimate of drug-likeness (QED) is 0.526. The van der Waals surface area contributed by atoms with Crippen LogP contribution in [0.3, 0.4) is 0 Å². The molecule has 7 heteroatoms. The number of benzene rings is 2. The Morgan fingerprint density at radius 1 is 1.23 bits per heavy atom. The van der Waals surface area contributed by atoms with Gasteiger partial charge in [0.25, 0.3) is 5.91 Å². The molecule has 0 radical (unpaired) electrons. The third-order valence-electron chi connectivity index (χ3n) is 3.41. The molecule has 1 amide bonds. The highest BCUT2D eigenvalue weighted by atomic mass is 79.9. The number of nitrogens with one attached hydrogen (secondary N) is 1. The summed E-state index contributed by atoms with van der Waals surface area (Å²) in [5.74, 6) is 0.562. The van der Waals surface area contributed by atoms with Gasteiger partial charge < -0.3 is 10.1 Å². The average Bonchev–Trinajstić information content (AvgIpc) is 2.94. The fraction of sp³-hybridized carbons (Fsp3) is 0.158. The fourth-order valence-electron chi connectivity index (χ4n) is 2.29. The van der Waals surface area contributed by atoms with Crippen molar-refractivity contribution in [2.45, 2.75) is 13.3 Å². The van der Waals surface area contributed by atoms with Crippen LogP contribution in [0.1, 0.15) is 18.9 Å². The van der Waals surface area contributed by atoms with Gasteiger partial charge in [0, 0.05) is 10.0 Å². The number of nitrogens with zero attached hydrogens (tertiary/aromatic N) is 1. The molecule has 1 fully saturated rings. The summed E-state index contributed by atoms with van der Waals surface area (Å²) in [6.07, 6.45) is 2.73. The van der Waals surface area contributed by atoms with E-state index in [1.165, 1.54) is 11.8 Å². The number of rotatable bonds is 5. The standard InChI is InChI=1S/C19H16Br2N2O2S/c1-2-8-25-17-12(9-13(20)11-15(17)21)10-16-18(24)23-19(26-16)22-14-6-4-3-5-7-14/h3-7,9-11H,2,8H2,1H3,(H,22,23,24)/b16-10-. The zero-order chi connectivity index (χ0) is 18.5. The largest absolute Gasteiger partial charge is 0.492 e. The molecular weight excluding hydrogens is 480 g/mol. The average molecular weight is 496 g/mol.